The monoisotopic (exact) mass is 230 g/mol. The van der Waals surface area contributed by atoms with Crippen molar-refractivity contribution in [2.45, 2.75) is 45.8 Å². The molecule has 16 heavy (non-hydrogen) atoms. The summed E-state index contributed by atoms with van der Waals surface area (Å²) in [5.41, 5.74) is 0. The van der Waals surface area contributed by atoms with Gasteiger partial charge in [0.2, 0.25) is 0 Å². The molecule has 1 fully saturated rings. The first-order valence-corrected chi connectivity index (χ1v) is 6.11. The maximum absolute atomic E-state index is 10.7. The molecule has 0 aromatic carbocycles. The van der Waals surface area contributed by atoms with E-state index in [2.05, 4.69) is 6.92 Å². The van der Waals surface area contributed by atoms with Crippen LogP contribution in [0, 0.1) is 11.8 Å². The van der Waals surface area contributed by atoms with Gasteiger partial charge in [-0.25, -0.2) is 0 Å². The van der Waals surface area contributed by atoms with E-state index in [1.165, 1.54) is 0 Å². The quantitative estimate of drug-likeness (QED) is 0.729. The summed E-state index contributed by atoms with van der Waals surface area (Å²) in [7, 11) is 0. The standard InChI is InChI=1S/C12H22O4/c1-3-10(12-15-7-8-16-12)6-4-5-9(2)11(13)14/h9-10,12H,3-8H2,1-2H3,(H,13,14). The second kappa shape index (κ2) is 6.86. The third-order valence-electron chi connectivity index (χ3n) is 3.19. The van der Waals surface area contributed by atoms with Crippen LogP contribution in [0.1, 0.15) is 39.5 Å². The lowest BCUT2D eigenvalue weighted by molar-refractivity contribution is -0.141. The van der Waals surface area contributed by atoms with Gasteiger partial charge in [0.05, 0.1) is 19.1 Å². The first-order chi connectivity index (χ1) is 7.65. The molecule has 1 N–H and O–H groups in total. The van der Waals surface area contributed by atoms with E-state index in [-0.39, 0.29) is 12.2 Å². The van der Waals surface area contributed by atoms with Crippen LogP contribution in [0.25, 0.3) is 0 Å². The average molecular weight is 230 g/mol. The minimum atomic E-state index is -0.707. The van der Waals surface area contributed by atoms with Gasteiger partial charge in [-0.3, -0.25) is 4.79 Å². The van der Waals surface area contributed by atoms with Crippen molar-refractivity contribution in [2.75, 3.05) is 13.2 Å². The zero-order chi connectivity index (χ0) is 12.0. The minimum absolute atomic E-state index is 0.0647. The number of carbonyl (C=O) groups is 1. The number of hydrogen-bond acceptors (Lipinski definition) is 3. The lowest BCUT2D eigenvalue weighted by Crippen LogP contribution is -2.21. The van der Waals surface area contributed by atoms with Gasteiger partial charge >= 0.3 is 5.97 Å². The molecule has 0 radical (unpaired) electrons. The Hall–Kier alpha value is -0.610. The minimum Gasteiger partial charge on any atom is -0.481 e. The summed E-state index contributed by atoms with van der Waals surface area (Å²) < 4.78 is 10.9. The van der Waals surface area contributed by atoms with Gasteiger partial charge in [-0.2, -0.15) is 0 Å². The van der Waals surface area contributed by atoms with Gasteiger partial charge in [0.15, 0.2) is 6.29 Å². The molecule has 4 heteroatoms. The maximum Gasteiger partial charge on any atom is 0.306 e. The highest BCUT2D eigenvalue weighted by atomic mass is 16.7. The normalized spacial score (nSPS) is 20.9. The molecule has 4 nitrogen and oxygen atoms in total. The number of carboxylic acids is 1. The van der Waals surface area contributed by atoms with Gasteiger partial charge in [-0.05, 0) is 19.3 Å². The van der Waals surface area contributed by atoms with Gasteiger partial charge in [0, 0.05) is 5.92 Å². The first kappa shape index (κ1) is 13.5. The van der Waals surface area contributed by atoms with Crippen LogP contribution in [0.5, 0.6) is 0 Å². The number of ether oxygens (including phenoxy) is 2. The molecular weight excluding hydrogens is 208 g/mol. The fourth-order valence-electron chi connectivity index (χ4n) is 1.99. The molecule has 1 aliphatic heterocycles. The number of carboxylic acid groups (broad SMARTS) is 1. The summed E-state index contributed by atoms with van der Waals surface area (Å²) in [5, 5.41) is 8.77. The fourth-order valence-corrected chi connectivity index (χ4v) is 1.99. The molecule has 1 aliphatic rings. The van der Waals surface area contributed by atoms with Crippen LogP contribution >= 0.6 is 0 Å². The Bertz CT molecular complexity index is 211. The maximum atomic E-state index is 10.7. The fraction of sp³-hybridized carbons (Fsp3) is 0.917. The summed E-state index contributed by atoms with van der Waals surface area (Å²) in [4.78, 5) is 10.7. The van der Waals surface area contributed by atoms with Crippen molar-refractivity contribution < 1.29 is 19.4 Å². The number of aliphatic carboxylic acids is 1. The van der Waals surface area contributed by atoms with E-state index in [9.17, 15) is 4.79 Å². The van der Waals surface area contributed by atoms with Gasteiger partial charge < -0.3 is 14.6 Å². The van der Waals surface area contributed by atoms with Crippen molar-refractivity contribution in [3.05, 3.63) is 0 Å². The van der Waals surface area contributed by atoms with Gasteiger partial charge in [0.1, 0.15) is 0 Å². The number of hydrogen-bond donors (Lipinski definition) is 1. The molecule has 0 aliphatic carbocycles. The van der Waals surface area contributed by atoms with Crippen molar-refractivity contribution >= 4 is 5.97 Å². The van der Waals surface area contributed by atoms with Crippen molar-refractivity contribution in [3.8, 4) is 0 Å². The average Bonchev–Trinajstić information content (AvgIpc) is 2.77. The second-order valence-corrected chi connectivity index (χ2v) is 4.45. The Kier molecular flexibility index (Phi) is 5.77. The smallest absolute Gasteiger partial charge is 0.306 e. The summed E-state index contributed by atoms with van der Waals surface area (Å²) >= 11 is 0. The molecule has 1 heterocycles. The highest BCUT2D eigenvalue weighted by Gasteiger charge is 2.25. The summed E-state index contributed by atoms with van der Waals surface area (Å²) in [6, 6.07) is 0. The van der Waals surface area contributed by atoms with Crippen LogP contribution in [0.15, 0.2) is 0 Å². The molecule has 2 unspecified atom stereocenters. The lowest BCUT2D eigenvalue weighted by atomic mass is 9.95. The predicted molar refractivity (Wildman–Crippen MR) is 60.1 cm³/mol. The highest BCUT2D eigenvalue weighted by molar-refractivity contribution is 5.69. The molecule has 0 spiro atoms. The van der Waals surface area contributed by atoms with Crippen molar-refractivity contribution in [1.82, 2.24) is 0 Å². The SMILES string of the molecule is CCC(CCCC(C)C(=O)O)C1OCCO1. The van der Waals surface area contributed by atoms with E-state index in [0.29, 0.717) is 19.1 Å². The van der Waals surface area contributed by atoms with Crippen LogP contribution < -0.4 is 0 Å². The molecule has 0 aromatic heterocycles. The van der Waals surface area contributed by atoms with E-state index < -0.39 is 5.97 Å². The van der Waals surface area contributed by atoms with Crippen LogP contribution in [0.2, 0.25) is 0 Å². The number of rotatable bonds is 7. The van der Waals surface area contributed by atoms with Crippen molar-refractivity contribution in [2.24, 2.45) is 11.8 Å². The largest absolute Gasteiger partial charge is 0.481 e. The Balaban J connectivity index is 2.20. The summed E-state index contributed by atoms with van der Waals surface area (Å²) in [5.74, 6) is -0.548. The molecule has 94 valence electrons. The second-order valence-electron chi connectivity index (χ2n) is 4.45. The Labute approximate surface area is 96.9 Å². The van der Waals surface area contributed by atoms with E-state index in [1.807, 2.05) is 0 Å². The van der Waals surface area contributed by atoms with Crippen LogP contribution in [-0.2, 0) is 14.3 Å². The molecule has 0 bridgehead atoms. The summed E-state index contributed by atoms with van der Waals surface area (Å²) in [6.07, 6.45) is 3.60. The molecule has 0 saturated carbocycles. The molecule has 0 amide bonds. The van der Waals surface area contributed by atoms with Crippen LogP contribution in [-0.4, -0.2) is 30.6 Å². The molecule has 1 rings (SSSR count). The zero-order valence-corrected chi connectivity index (χ0v) is 10.1. The van der Waals surface area contributed by atoms with Gasteiger partial charge in [-0.1, -0.05) is 20.3 Å². The Morgan fingerprint density at radius 1 is 1.38 bits per heavy atom. The molecule has 2 atom stereocenters. The van der Waals surface area contributed by atoms with E-state index >= 15 is 0 Å². The first-order valence-electron chi connectivity index (χ1n) is 6.11. The third kappa shape index (κ3) is 4.10. The highest BCUT2D eigenvalue weighted by Crippen LogP contribution is 2.24. The van der Waals surface area contributed by atoms with Crippen molar-refractivity contribution in [1.29, 1.82) is 0 Å². The van der Waals surface area contributed by atoms with E-state index in [4.69, 9.17) is 14.6 Å². The van der Waals surface area contributed by atoms with Gasteiger partial charge in [-0.15, -0.1) is 0 Å². The van der Waals surface area contributed by atoms with Crippen LogP contribution in [0.4, 0.5) is 0 Å². The molecule has 0 aromatic rings. The molecular formula is C12H22O4. The van der Waals surface area contributed by atoms with Gasteiger partial charge in [0.25, 0.3) is 0 Å². The molecule has 1 saturated heterocycles. The topological polar surface area (TPSA) is 55.8 Å². The Morgan fingerprint density at radius 3 is 2.50 bits per heavy atom. The van der Waals surface area contributed by atoms with Crippen molar-refractivity contribution in [3.63, 3.8) is 0 Å². The van der Waals surface area contributed by atoms with Crippen LogP contribution in [0.3, 0.4) is 0 Å². The lowest BCUT2D eigenvalue weighted by Gasteiger charge is -2.20. The summed E-state index contributed by atoms with van der Waals surface area (Å²) in [6.45, 7) is 5.25. The zero-order valence-electron chi connectivity index (χ0n) is 10.1. The third-order valence-corrected chi connectivity index (χ3v) is 3.19. The van der Waals surface area contributed by atoms with E-state index in [1.54, 1.807) is 6.92 Å². The predicted octanol–water partition coefficient (Wildman–Crippen LogP) is 2.28. The Morgan fingerprint density at radius 2 is 2.00 bits per heavy atom. The van der Waals surface area contributed by atoms with E-state index in [0.717, 1.165) is 25.7 Å².